The molecule has 0 unspecified atom stereocenters. The number of rotatable bonds is 2. The van der Waals surface area contributed by atoms with E-state index in [2.05, 4.69) is 15.9 Å². The van der Waals surface area contributed by atoms with Gasteiger partial charge in [-0.15, -0.1) is 0 Å². The largest absolute Gasteiger partial charge is 0.338 e. The number of amides is 1. The molecule has 1 saturated heterocycles. The number of halogens is 1. The second-order valence-electron chi connectivity index (χ2n) is 5.71. The third-order valence-corrected chi connectivity index (χ3v) is 4.71. The summed E-state index contributed by atoms with van der Waals surface area (Å²) >= 11 is 3.48. The van der Waals surface area contributed by atoms with Gasteiger partial charge in [0.2, 0.25) is 0 Å². The van der Waals surface area contributed by atoms with Gasteiger partial charge in [0, 0.05) is 10.0 Å². The van der Waals surface area contributed by atoms with Gasteiger partial charge in [-0.1, -0.05) is 46.3 Å². The Morgan fingerprint density at radius 3 is 2.57 bits per heavy atom. The minimum Gasteiger partial charge on any atom is -0.338 e. The fraction of sp³-hybridized carbons (Fsp3) is 0.278. The Morgan fingerprint density at radius 2 is 1.83 bits per heavy atom. The highest BCUT2D eigenvalue weighted by Crippen LogP contribution is 2.46. The molecule has 0 radical (unpaired) electrons. The molecule has 0 aliphatic carbocycles. The number of anilines is 1. The molecule has 5 heteroatoms. The van der Waals surface area contributed by atoms with Gasteiger partial charge in [-0.2, -0.15) is 0 Å². The van der Waals surface area contributed by atoms with Gasteiger partial charge in [0.15, 0.2) is 0 Å². The van der Waals surface area contributed by atoms with Crippen LogP contribution in [0.15, 0.2) is 53.0 Å². The van der Waals surface area contributed by atoms with Crippen molar-refractivity contribution < 1.29 is 14.3 Å². The third kappa shape index (κ3) is 2.40. The van der Waals surface area contributed by atoms with Crippen LogP contribution >= 0.6 is 15.9 Å². The van der Waals surface area contributed by atoms with Crippen molar-refractivity contribution in [2.45, 2.75) is 18.8 Å². The summed E-state index contributed by atoms with van der Waals surface area (Å²) in [5, 5.41) is 0. The van der Waals surface area contributed by atoms with Gasteiger partial charge >= 0.3 is 0 Å². The number of nitrogens with zero attached hydrogens (tertiary/aromatic N) is 1. The Hall–Kier alpha value is -1.69. The summed E-state index contributed by atoms with van der Waals surface area (Å²) in [6.45, 7) is 1.55. The molecule has 4 rings (SSSR count). The van der Waals surface area contributed by atoms with Crippen LogP contribution in [-0.4, -0.2) is 19.1 Å². The summed E-state index contributed by atoms with van der Waals surface area (Å²) in [5.41, 5.74) is 2.71. The van der Waals surface area contributed by atoms with Crippen LogP contribution in [-0.2, 0) is 26.6 Å². The maximum Gasteiger partial charge on any atom is 0.292 e. The molecule has 0 atom stereocenters. The highest BCUT2D eigenvalue weighted by Gasteiger charge is 2.54. The first kappa shape index (κ1) is 14.9. The maximum absolute atomic E-state index is 13.1. The van der Waals surface area contributed by atoms with Crippen molar-refractivity contribution in [2.75, 3.05) is 18.1 Å². The van der Waals surface area contributed by atoms with Crippen LogP contribution in [0.2, 0.25) is 0 Å². The smallest absolute Gasteiger partial charge is 0.292 e. The molecule has 0 aromatic heterocycles. The summed E-state index contributed by atoms with van der Waals surface area (Å²) in [7, 11) is 0. The summed E-state index contributed by atoms with van der Waals surface area (Å²) in [6.07, 6.45) is 0.803. The molecule has 2 aliphatic heterocycles. The minimum absolute atomic E-state index is 0.144. The van der Waals surface area contributed by atoms with E-state index in [-0.39, 0.29) is 5.91 Å². The molecule has 2 aromatic rings. The topological polar surface area (TPSA) is 38.8 Å². The van der Waals surface area contributed by atoms with Crippen LogP contribution in [0.5, 0.6) is 0 Å². The fourth-order valence-electron chi connectivity index (χ4n) is 3.14. The number of carbonyl (C=O) groups excluding carboxylic acids is 1. The second-order valence-corrected chi connectivity index (χ2v) is 6.62. The van der Waals surface area contributed by atoms with E-state index in [4.69, 9.17) is 9.47 Å². The van der Waals surface area contributed by atoms with Crippen LogP contribution in [0.1, 0.15) is 17.5 Å². The standard InChI is InChI=1S/C18H16BrNO3/c19-14-7-8-16-15(11-14)18(22-9-4-10-23-18)17(21)20(16)12-13-5-2-1-3-6-13/h1-3,5-8,11H,4,9-10,12H2. The average Bonchev–Trinajstić information content (AvgIpc) is 2.79. The van der Waals surface area contributed by atoms with Crippen molar-refractivity contribution in [2.24, 2.45) is 0 Å². The molecule has 23 heavy (non-hydrogen) atoms. The lowest BCUT2D eigenvalue weighted by Crippen LogP contribution is -2.47. The van der Waals surface area contributed by atoms with Gasteiger partial charge in [0.25, 0.3) is 11.7 Å². The molecular formula is C18H16BrNO3. The number of carbonyl (C=O) groups is 1. The van der Waals surface area contributed by atoms with Gasteiger partial charge in [-0.05, 0) is 30.2 Å². The van der Waals surface area contributed by atoms with E-state index in [1.165, 1.54) is 0 Å². The van der Waals surface area contributed by atoms with Gasteiger partial charge in [-0.25, -0.2) is 0 Å². The Bertz CT molecular complexity index is 741. The normalized spacial score (nSPS) is 19.2. The minimum atomic E-state index is -1.29. The van der Waals surface area contributed by atoms with E-state index in [1.54, 1.807) is 4.90 Å². The third-order valence-electron chi connectivity index (χ3n) is 4.21. The number of fused-ring (bicyclic) bond motifs is 2. The Morgan fingerprint density at radius 1 is 1.09 bits per heavy atom. The van der Waals surface area contributed by atoms with Crippen LogP contribution in [0.25, 0.3) is 0 Å². The van der Waals surface area contributed by atoms with Crippen molar-refractivity contribution in [3.05, 3.63) is 64.1 Å². The molecular weight excluding hydrogens is 358 g/mol. The van der Waals surface area contributed by atoms with E-state index >= 15 is 0 Å². The first-order valence-corrected chi connectivity index (χ1v) is 8.44. The first-order chi connectivity index (χ1) is 11.2. The summed E-state index contributed by atoms with van der Waals surface area (Å²) < 4.78 is 12.6. The molecule has 2 aromatic carbocycles. The van der Waals surface area contributed by atoms with Crippen LogP contribution in [0, 0.1) is 0 Å². The van der Waals surface area contributed by atoms with E-state index < -0.39 is 5.79 Å². The molecule has 0 N–H and O–H groups in total. The van der Waals surface area contributed by atoms with Crippen LogP contribution in [0.4, 0.5) is 5.69 Å². The fourth-order valence-corrected chi connectivity index (χ4v) is 3.50. The van der Waals surface area contributed by atoms with Crippen molar-refractivity contribution in [3.8, 4) is 0 Å². The number of hydrogen-bond acceptors (Lipinski definition) is 3. The summed E-state index contributed by atoms with van der Waals surface area (Å²) in [4.78, 5) is 14.9. The van der Waals surface area contributed by atoms with Crippen molar-refractivity contribution in [1.29, 1.82) is 0 Å². The Labute approximate surface area is 143 Å². The van der Waals surface area contributed by atoms with E-state index in [0.717, 1.165) is 27.7 Å². The van der Waals surface area contributed by atoms with Crippen molar-refractivity contribution in [1.82, 2.24) is 0 Å². The lowest BCUT2D eigenvalue weighted by molar-refractivity contribution is -0.256. The molecule has 1 spiro atoms. The predicted octanol–water partition coefficient (Wildman–Crippen LogP) is 3.59. The summed E-state index contributed by atoms with van der Waals surface area (Å²) in [5.74, 6) is -1.43. The predicted molar refractivity (Wildman–Crippen MR) is 90.0 cm³/mol. The highest BCUT2D eigenvalue weighted by atomic mass is 79.9. The van der Waals surface area contributed by atoms with E-state index in [1.807, 2.05) is 48.5 Å². The summed E-state index contributed by atoms with van der Waals surface area (Å²) in [6, 6.07) is 15.7. The number of benzene rings is 2. The maximum atomic E-state index is 13.1. The van der Waals surface area contributed by atoms with E-state index in [9.17, 15) is 4.79 Å². The molecule has 0 bridgehead atoms. The lowest BCUT2D eigenvalue weighted by atomic mass is 10.1. The molecule has 4 nitrogen and oxygen atoms in total. The zero-order chi connectivity index (χ0) is 15.9. The van der Waals surface area contributed by atoms with Gasteiger partial charge in [-0.3, -0.25) is 4.79 Å². The zero-order valence-electron chi connectivity index (χ0n) is 12.5. The molecule has 2 aliphatic rings. The molecule has 1 amide bonds. The van der Waals surface area contributed by atoms with Crippen molar-refractivity contribution >= 4 is 27.5 Å². The molecule has 0 saturated carbocycles. The van der Waals surface area contributed by atoms with Crippen LogP contribution in [0.3, 0.4) is 0 Å². The van der Waals surface area contributed by atoms with Crippen molar-refractivity contribution in [3.63, 3.8) is 0 Å². The Balaban J connectivity index is 1.78. The molecule has 2 heterocycles. The number of hydrogen-bond donors (Lipinski definition) is 0. The monoisotopic (exact) mass is 373 g/mol. The van der Waals surface area contributed by atoms with Gasteiger partial charge < -0.3 is 14.4 Å². The van der Waals surface area contributed by atoms with E-state index in [0.29, 0.717) is 19.8 Å². The first-order valence-electron chi connectivity index (χ1n) is 7.64. The molecule has 118 valence electrons. The second kappa shape index (κ2) is 5.74. The number of ether oxygens (including phenoxy) is 2. The quantitative estimate of drug-likeness (QED) is 0.807. The zero-order valence-corrected chi connectivity index (χ0v) is 14.1. The average molecular weight is 374 g/mol. The Kier molecular flexibility index (Phi) is 3.71. The SMILES string of the molecule is O=C1N(Cc2ccccc2)c2ccc(Br)cc2C12OCCCO2. The highest BCUT2D eigenvalue weighted by molar-refractivity contribution is 9.10. The van der Waals surface area contributed by atoms with Crippen LogP contribution < -0.4 is 4.90 Å². The van der Waals surface area contributed by atoms with Gasteiger partial charge in [0.1, 0.15) is 0 Å². The van der Waals surface area contributed by atoms with Gasteiger partial charge in [0.05, 0.1) is 25.4 Å². The lowest BCUT2D eigenvalue weighted by Gasteiger charge is -2.32. The molecule has 1 fully saturated rings.